The van der Waals surface area contributed by atoms with Crippen molar-refractivity contribution in [2.24, 2.45) is 11.1 Å². The first-order valence-electron chi connectivity index (χ1n) is 4.45. The molecular formula is C9H15ClN4. The Bertz CT molecular complexity index is 283. The quantitative estimate of drug-likeness (QED) is 0.798. The van der Waals surface area contributed by atoms with E-state index in [1.807, 2.05) is 0 Å². The number of hydrogen-bond acceptors (Lipinski definition) is 4. The van der Waals surface area contributed by atoms with E-state index >= 15 is 0 Å². The topological polar surface area (TPSA) is 63.8 Å². The van der Waals surface area contributed by atoms with Crippen molar-refractivity contribution >= 4 is 17.5 Å². The van der Waals surface area contributed by atoms with E-state index in [4.69, 9.17) is 17.3 Å². The smallest absolute Gasteiger partial charge is 0.222 e. The second-order valence-electron chi connectivity index (χ2n) is 3.95. The van der Waals surface area contributed by atoms with Gasteiger partial charge in [-0.2, -0.15) is 0 Å². The van der Waals surface area contributed by atoms with Crippen molar-refractivity contribution in [2.75, 3.05) is 18.4 Å². The standard InChI is InChI=1S/C9H15ClN4/c1-9(2,5-11)6-14-8-12-3-7(10)4-13-8/h3-4H,5-6,11H2,1-2H3,(H,12,13,14). The minimum Gasteiger partial charge on any atom is -0.354 e. The summed E-state index contributed by atoms with van der Waals surface area (Å²) in [5.41, 5.74) is 5.64. The molecule has 0 spiro atoms. The van der Waals surface area contributed by atoms with E-state index in [1.54, 1.807) is 12.4 Å². The van der Waals surface area contributed by atoms with Gasteiger partial charge in [0.05, 0.1) is 17.4 Å². The predicted molar refractivity (Wildman–Crippen MR) is 58.4 cm³/mol. The third-order valence-corrected chi connectivity index (χ3v) is 2.09. The SMILES string of the molecule is CC(C)(CN)CNc1ncc(Cl)cn1. The molecule has 0 atom stereocenters. The summed E-state index contributed by atoms with van der Waals surface area (Å²) >= 11 is 5.66. The number of nitrogens with two attached hydrogens (primary N) is 1. The summed E-state index contributed by atoms with van der Waals surface area (Å²) in [6.07, 6.45) is 3.12. The zero-order valence-electron chi connectivity index (χ0n) is 8.42. The highest BCUT2D eigenvalue weighted by molar-refractivity contribution is 6.30. The molecule has 5 heteroatoms. The Morgan fingerprint density at radius 1 is 1.43 bits per heavy atom. The van der Waals surface area contributed by atoms with E-state index in [0.29, 0.717) is 17.5 Å². The van der Waals surface area contributed by atoms with Gasteiger partial charge in [-0.05, 0) is 12.0 Å². The summed E-state index contributed by atoms with van der Waals surface area (Å²) < 4.78 is 0. The molecule has 0 aromatic carbocycles. The normalized spacial score (nSPS) is 11.4. The van der Waals surface area contributed by atoms with Gasteiger partial charge >= 0.3 is 0 Å². The molecule has 1 aromatic heterocycles. The number of nitrogens with one attached hydrogen (secondary N) is 1. The van der Waals surface area contributed by atoms with Gasteiger partial charge in [-0.15, -0.1) is 0 Å². The van der Waals surface area contributed by atoms with E-state index in [0.717, 1.165) is 6.54 Å². The van der Waals surface area contributed by atoms with Crippen LogP contribution in [0.2, 0.25) is 5.02 Å². The first-order valence-corrected chi connectivity index (χ1v) is 4.83. The van der Waals surface area contributed by atoms with Crippen molar-refractivity contribution in [3.05, 3.63) is 17.4 Å². The molecule has 1 heterocycles. The Morgan fingerprint density at radius 3 is 2.50 bits per heavy atom. The summed E-state index contributed by atoms with van der Waals surface area (Å²) in [6.45, 7) is 5.52. The van der Waals surface area contributed by atoms with E-state index in [2.05, 4.69) is 29.1 Å². The molecule has 0 saturated heterocycles. The number of nitrogens with zero attached hydrogens (tertiary/aromatic N) is 2. The van der Waals surface area contributed by atoms with E-state index in [-0.39, 0.29) is 5.41 Å². The van der Waals surface area contributed by atoms with Crippen LogP contribution in [0.25, 0.3) is 0 Å². The molecule has 0 aliphatic carbocycles. The van der Waals surface area contributed by atoms with Crippen LogP contribution < -0.4 is 11.1 Å². The van der Waals surface area contributed by atoms with E-state index in [1.165, 1.54) is 0 Å². The van der Waals surface area contributed by atoms with Crippen molar-refractivity contribution in [1.29, 1.82) is 0 Å². The predicted octanol–water partition coefficient (Wildman–Crippen LogP) is 1.53. The Morgan fingerprint density at radius 2 is 2.00 bits per heavy atom. The van der Waals surface area contributed by atoms with Crippen LogP contribution in [0, 0.1) is 5.41 Å². The first-order chi connectivity index (χ1) is 6.53. The van der Waals surface area contributed by atoms with Gasteiger partial charge in [0.2, 0.25) is 5.95 Å². The number of aromatic nitrogens is 2. The number of rotatable bonds is 4. The molecule has 0 fully saturated rings. The number of hydrogen-bond donors (Lipinski definition) is 2. The molecular weight excluding hydrogens is 200 g/mol. The Hall–Kier alpha value is -0.870. The van der Waals surface area contributed by atoms with Gasteiger partial charge in [0.1, 0.15) is 0 Å². The molecule has 4 nitrogen and oxygen atoms in total. The van der Waals surface area contributed by atoms with Crippen molar-refractivity contribution in [3.8, 4) is 0 Å². The molecule has 0 unspecified atom stereocenters. The second-order valence-corrected chi connectivity index (χ2v) is 4.38. The minimum atomic E-state index is 0.0446. The summed E-state index contributed by atoms with van der Waals surface area (Å²) in [5.74, 6) is 0.580. The minimum absolute atomic E-state index is 0.0446. The van der Waals surface area contributed by atoms with Crippen LogP contribution >= 0.6 is 11.6 Å². The highest BCUT2D eigenvalue weighted by Gasteiger charge is 2.15. The lowest BCUT2D eigenvalue weighted by atomic mass is 9.94. The van der Waals surface area contributed by atoms with Crippen LogP contribution in [0.15, 0.2) is 12.4 Å². The van der Waals surface area contributed by atoms with Gasteiger partial charge in [0.15, 0.2) is 0 Å². The molecule has 0 aliphatic rings. The lowest BCUT2D eigenvalue weighted by Gasteiger charge is -2.22. The molecule has 3 N–H and O–H groups in total. The van der Waals surface area contributed by atoms with Gasteiger partial charge in [0.25, 0.3) is 0 Å². The molecule has 1 rings (SSSR count). The maximum absolute atomic E-state index is 5.66. The fourth-order valence-corrected chi connectivity index (χ4v) is 0.892. The molecule has 78 valence electrons. The molecule has 0 bridgehead atoms. The zero-order chi connectivity index (χ0) is 10.6. The summed E-state index contributed by atoms with van der Waals surface area (Å²) in [6, 6.07) is 0. The summed E-state index contributed by atoms with van der Waals surface area (Å²) in [4.78, 5) is 8.04. The Kier molecular flexibility index (Phi) is 3.66. The Balaban J connectivity index is 2.50. The fraction of sp³-hybridized carbons (Fsp3) is 0.556. The lowest BCUT2D eigenvalue weighted by molar-refractivity contribution is 0.404. The van der Waals surface area contributed by atoms with Gasteiger partial charge in [-0.25, -0.2) is 9.97 Å². The van der Waals surface area contributed by atoms with Crippen LogP contribution in [0.4, 0.5) is 5.95 Å². The van der Waals surface area contributed by atoms with Crippen LogP contribution in [-0.4, -0.2) is 23.1 Å². The van der Waals surface area contributed by atoms with E-state index < -0.39 is 0 Å². The van der Waals surface area contributed by atoms with Crippen molar-refractivity contribution < 1.29 is 0 Å². The molecule has 0 saturated carbocycles. The molecule has 14 heavy (non-hydrogen) atoms. The van der Waals surface area contributed by atoms with E-state index in [9.17, 15) is 0 Å². The van der Waals surface area contributed by atoms with Crippen LogP contribution in [-0.2, 0) is 0 Å². The van der Waals surface area contributed by atoms with Gasteiger partial charge in [0, 0.05) is 6.54 Å². The number of anilines is 1. The third-order valence-electron chi connectivity index (χ3n) is 1.90. The monoisotopic (exact) mass is 214 g/mol. The highest BCUT2D eigenvalue weighted by atomic mass is 35.5. The van der Waals surface area contributed by atoms with Crippen LogP contribution in [0.1, 0.15) is 13.8 Å². The average Bonchev–Trinajstić information content (AvgIpc) is 2.17. The van der Waals surface area contributed by atoms with Crippen LogP contribution in [0.3, 0.4) is 0 Å². The second kappa shape index (κ2) is 4.57. The third kappa shape index (κ3) is 3.47. The number of halogens is 1. The zero-order valence-corrected chi connectivity index (χ0v) is 9.17. The summed E-state index contributed by atoms with van der Waals surface area (Å²) in [7, 11) is 0. The maximum atomic E-state index is 5.66. The Labute approximate surface area is 88.9 Å². The van der Waals surface area contributed by atoms with Crippen molar-refractivity contribution in [1.82, 2.24) is 9.97 Å². The molecule has 0 radical (unpaired) electrons. The average molecular weight is 215 g/mol. The van der Waals surface area contributed by atoms with Crippen LogP contribution in [0.5, 0.6) is 0 Å². The maximum Gasteiger partial charge on any atom is 0.222 e. The van der Waals surface area contributed by atoms with Crippen molar-refractivity contribution in [3.63, 3.8) is 0 Å². The van der Waals surface area contributed by atoms with Gasteiger partial charge in [-0.1, -0.05) is 25.4 Å². The molecule has 1 aromatic rings. The molecule has 0 amide bonds. The fourth-order valence-electron chi connectivity index (χ4n) is 0.794. The largest absolute Gasteiger partial charge is 0.354 e. The lowest BCUT2D eigenvalue weighted by Crippen LogP contribution is -2.31. The summed E-state index contributed by atoms with van der Waals surface area (Å²) in [5, 5.41) is 3.64. The highest BCUT2D eigenvalue weighted by Crippen LogP contribution is 2.13. The first kappa shape index (κ1) is 11.2. The van der Waals surface area contributed by atoms with Gasteiger partial charge in [-0.3, -0.25) is 0 Å². The molecule has 0 aliphatic heterocycles. The van der Waals surface area contributed by atoms with Gasteiger partial charge < -0.3 is 11.1 Å². The van der Waals surface area contributed by atoms with Crippen molar-refractivity contribution in [2.45, 2.75) is 13.8 Å².